The molecule has 2 heterocycles. The van der Waals surface area contributed by atoms with Crippen molar-refractivity contribution in [3.63, 3.8) is 0 Å². The van der Waals surface area contributed by atoms with E-state index in [0.717, 1.165) is 5.56 Å². The Morgan fingerprint density at radius 3 is 2.76 bits per heavy atom. The van der Waals surface area contributed by atoms with Crippen LogP contribution in [0.2, 0.25) is 0 Å². The Morgan fingerprint density at radius 1 is 1.47 bits per heavy atom. The van der Waals surface area contributed by atoms with E-state index in [9.17, 15) is 4.79 Å². The van der Waals surface area contributed by atoms with Gasteiger partial charge < -0.3 is 11.1 Å². The van der Waals surface area contributed by atoms with Crippen molar-refractivity contribution in [2.75, 3.05) is 5.73 Å². The molecule has 7 heteroatoms. The number of carbonyl (C=O) groups excluding carboxylic acids is 1. The number of hydrogen-bond acceptors (Lipinski definition) is 5. The number of anilines is 1. The van der Waals surface area contributed by atoms with Gasteiger partial charge in [0.05, 0.1) is 6.04 Å². The number of nitrogen functional groups attached to an aromatic ring is 1. The molecule has 0 aliphatic heterocycles. The van der Waals surface area contributed by atoms with Crippen LogP contribution in [0, 0.1) is 0 Å². The van der Waals surface area contributed by atoms with E-state index in [1.54, 1.807) is 12.4 Å². The van der Waals surface area contributed by atoms with Crippen LogP contribution in [0.25, 0.3) is 0 Å². The third-order valence-electron chi connectivity index (χ3n) is 2.27. The Kier molecular flexibility index (Phi) is 2.99. The van der Waals surface area contributed by atoms with Crippen LogP contribution in [0.4, 0.5) is 5.95 Å². The second kappa shape index (κ2) is 4.60. The SMILES string of the molecule is C[C@@H](NC(=O)c1nc(N)n[nH]1)c1ccncc1. The summed E-state index contributed by atoms with van der Waals surface area (Å²) in [6, 6.07) is 3.52. The van der Waals surface area contributed by atoms with Gasteiger partial charge in [0, 0.05) is 12.4 Å². The number of nitrogens with one attached hydrogen (secondary N) is 2. The maximum absolute atomic E-state index is 11.7. The zero-order valence-corrected chi connectivity index (χ0v) is 9.21. The first kappa shape index (κ1) is 11.1. The third-order valence-corrected chi connectivity index (χ3v) is 2.27. The highest BCUT2D eigenvalue weighted by molar-refractivity contribution is 5.90. The lowest BCUT2D eigenvalue weighted by Gasteiger charge is -2.12. The summed E-state index contributed by atoms with van der Waals surface area (Å²) in [5.41, 5.74) is 6.28. The molecule has 17 heavy (non-hydrogen) atoms. The van der Waals surface area contributed by atoms with Crippen LogP contribution in [0.1, 0.15) is 29.1 Å². The highest BCUT2D eigenvalue weighted by Gasteiger charge is 2.14. The van der Waals surface area contributed by atoms with Gasteiger partial charge in [0.2, 0.25) is 11.8 Å². The minimum absolute atomic E-state index is 0.0479. The van der Waals surface area contributed by atoms with Gasteiger partial charge >= 0.3 is 0 Å². The number of aromatic amines is 1. The average Bonchev–Trinajstić information content (AvgIpc) is 2.77. The molecule has 2 aromatic heterocycles. The average molecular weight is 232 g/mol. The van der Waals surface area contributed by atoms with E-state index in [1.807, 2.05) is 19.1 Å². The molecule has 0 fully saturated rings. The van der Waals surface area contributed by atoms with Crippen molar-refractivity contribution in [3.8, 4) is 0 Å². The molecule has 88 valence electrons. The van der Waals surface area contributed by atoms with Crippen LogP contribution in [0.5, 0.6) is 0 Å². The van der Waals surface area contributed by atoms with E-state index < -0.39 is 0 Å². The molecule has 1 amide bonds. The summed E-state index contributed by atoms with van der Waals surface area (Å²) in [7, 11) is 0. The lowest BCUT2D eigenvalue weighted by molar-refractivity contribution is 0.0930. The Balaban J connectivity index is 2.04. The molecule has 0 aliphatic rings. The zero-order valence-electron chi connectivity index (χ0n) is 9.21. The van der Waals surface area contributed by atoms with Crippen LogP contribution in [0.15, 0.2) is 24.5 Å². The maximum Gasteiger partial charge on any atom is 0.289 e. The quantitative estimate of drug-likeness (QED) is 0.703. The largest absolute Gasteiger partial charge is 0.366 e. The van der Waals surface area contributed by atoms with Crippen molar-refractivity contribution in [3.05, 3.63) is 35.9 Å². The molecule has 0 saturated carbocycles. The van der Waals surface area contributed by atoms with Crippen LogP contribution >= 0.6 is 0 Å². The summed E-state index contributed by atoms with van der Waals surface area (Å²) in [5, 5.41) is 8.81. The molecular weight excluding hydrogens is 220 g/mol. The molecule has 4 N–H and O–H groups in total. The van der Waals surface area contributed by atoms with Crippen molar-refractivity contribution in [1.29, 1.82) is 0 Å². The normalized spacial score (nSPS) is 12.1. The molecule has 0 aromatic carbocycles. The van der Waals surface area contributed by atoms with Crippen molar-refractivity contribution < 1.29 is 4.79 Å². The standard InChI is InChI=1S/C10H12N6O/c1-6(7-2-4-12-5-3-7)13-9(17)8-14-10(11)16-15-8/h2-6H,1H3,(H,13,17)(H3,11,14,15,16)/t6-/m1/s1. The molecule has 0 saturated heterocycles. The van der Waals surface area contributed by atoms with E-state index in [1.165, 1.54) is 0 Å². The fraction of sp³-hybridized carbons (Fsp3) is 0.200. The molecule has 0 radical (unpaired) electrons. The minimum atomic E-state index is -0.349. The first-order valence-electron chi connectivity index (χ1n) is 5.05. The van der Waals surface area contributed by atoms with Gasteiger partial charge in [-0.2, -0.15) is 4.98 Å². The van der Waals surface area contributed by atoms with Gasteiger partial charge in [0.1, 0.15) is 0 Å². The van der Waals surface area contributed by atoms with Gasteiger partial charge in [-0.15, -0.1) is 5.10 Å². The highest BCUT2D eigenvalue weighted by Crippen LogP contribution is 2.10. The molecular formula is C10H12N6O. The van der Waals surface area contributed by atoms with Crippen molar-refractivity contribution >= 4 is 11.9 Å². The summed E-state index contributed by atoms with van der Waals surface area (Å²) in [4.78, 5) is 19.4. The summed E-state index contributed by atoms with van der Waals surface area (Å²) < 4.78 is 0. The smallest absolute Gasteiger partial charge is 0.289 e. The maximum atomic E-state index is 11.7. The van der Waals surface area contributed by atoms with E-state index in [0.29, 0.717) is 0 Å². The lowest BCUT2D eigenvalue weighted by Crippen LogP contribution is -2.27. The van der Waals surface area contributed by atoms with Gasteiger partial charge in [0.25, 0.3) is 5.91 Å². The first-order chi connectivity index (χ1) is 8.16. The predicted octanol–water partition coefficient (Wildman–Crippen LogP) is 0.273. The number of rotatable bonds is 3. The number of carbonyl (C=O) groups is 1. The summed E-state index contributed by atoms with van der Waals surface area (Å²) in [5.74, 6) is -0.200. The number of aromatic nitrogens is 4. The number of amides is 1. The van der Waals surface area contributed by atoms with Crippen LogP contribution in [-0.4, -0.2) is 26.1 Å². The number of nitrogens with zero attached hydrogens (tertiary/aromatic N) is 3. The van der Waals surface area contributed by atoms with Gasteiger partial charge in [-0.1, -0.05) is 0 Å². The van der Waals surface area contributed by atoms with Gasteiger partial charge in [-0.05, 0) is 24.6 Å². The molecule has 2 aromatic rings. The molecule has 0 aliphatic carbocycles. The van der Waals surface area contributed by atoms with Crippen LogP contribution in [-0.2, 0) is 0 Å². The minimum Gasteiger partial charge on any atom is -0.366 e. The summed E-state index contributed by atoms with van der Waals surface area (Å²) in [6.45, 7) is 1.87. The van der Waals surface area contributed by atoms with Crippen molar-refractivity contribution in [2.45, 2.75) is 13.0 Å². The van der Waals surface area contributed by atoms with Gasteiger partial charge in [-0.25, -0.2) is 0 Å². The lowest BCUT2D eigenvalue weighted by atomic mass is 10.1. The fourth-order valence-corrected chi connectivity index (χ4v) is 1.38. The Bertz CT molecular complexity index is 509. The molecule has 0 bridgehead atoms. The number of hydrogen-bond donors (Lipinski definition) is 3. The van der Waals surface area contributed by atoms with Gasteiger partial charge in [-0.3, -0.25) is 14.9 Å². The molecule has 0 unspecified atom stereocenters. The fourth-order valence-electron chi connectivity index (χ4n) is 1.38. The molecule has 7 nitrogen and oxygen atoms in total. The summed E-state index contributed by atoms with van der Waals surface area (Å²) >= 11 is 0. The first-order valence-corrected chi connectivity index (χ1v) is 5.05. The number of nitrogens with two attached hydrogens (primary N) is 1. The Hall–Kier alpha value is -2.44. The monoisotopic (exact) mass is 232 g/mol. The van der Waals surface area contributed by atoms with E-state index in [-0.39, 0.29) is 23.7 Å². The second-order valence-corrected chi connectivity index (χ2v) is 3.52. The van der Waals surface area contributed by atoms with Gasteiger partial charge in [0.15, 0.2) is 0 Å². The third kappa shape index (κ3) is 2.57. The highest BCUT2D eigenvalue weighted by atomic mass is 16.2. The number of pyridine rings is 1. The van der Waals surface area contributed by atoms with E-state index >= 15 is 0 Å². The molecule has 2 rings (SSSR count). The van der Waals surface area contributed by atoms with Crippen molar-refractivity contribution in [1.82, 2.24) is 25.5 Å². The summed E-state index contributed by atoms with van der Waals surface area (Å²) in [6.07, 6.45) is 3.34. The molecule has 0 spiro atoms. The van der Waals surface area contributed by atoms with Crippen LogP contribution < -0.4 is 11.1 Å². The molecule has 1 atom stereocenters. The topological polar surface area (TPSA) is 110 Å². The van der Waals surface area contributed by atoms with Crippen molar-refractivity contribution in [2.24, 2.45) is 0 Å². The Morgan fingerprint density at radius 2 is 2.18 bits per heavy atom. The van der Waals surface area contributed by atoms with E-state index in [2.05, 4.69) is 25.5 Å². The van der Waals surface area contributed by atoms with Crippen LogP contribution in [0.3, 0.4) is 0 Å². The number of H-pyrrole nitrogens is 1. The predicted molar refractivity (Wildman–Crippen MR) is 60.9 cm³/mol. The van der Waals surface area contributed by atoms with E-state index in [4.69, 9.17) is 5.73 Å². The zero-order chi connectivity index (χ0) is 12.3. The second-order valence-electron chi connectivity index (χ2n) is 3.52. The Labute approximate surface area is 97.5 Å².